The molecule has 0 unspecified atom stereocenters. The molecule has 1 aromatic heterocycles. The van der Waals surface area contributed by atoms with Crippen LogP contribution in [0.15, 0.2) is 53.7 Å². The molecule has 0 bridgehead atoms. The molecule has 7 nitrogen and oxygen atoms in total. The molecule has 3 heterocycles. The highest BCUT2D eigenvalue weighted by Crippen LogP contribution is 2.43. The third-order valence-corrected chi connectivity index (χ3v) is 7.88. The zero-order valence-electron chi connectivity index (χ0n) is 16.6. The van der Waals surface area contributed by atoms with Gasteiger partial charge < -0.3 is 10.1 Å². The number of hydrogen-bond acceptors (Lipinski definition) is 5. The number of rotatable bonds is 4. The van der Waals surface area contributed by atoms with Crippen LogP contribution in [0.25, 0.3) is 0 Å². The van der Waals surface area contributed by atoms with Gasteiger partial charge in [-0.1, -0.05) is 13.0 Å². The van der Waals surface area contributed by atoms with Gasteiger partial charge in [-0.05, 0) is 55.5 Å². The molecular weight excluding hydrogens is 409 g/mol. The van der Waals surface area contributed by atoms with Gasteiger partial charge in [0.1, 0.15) is 11.9 Å². The summed E-state index contributed by atoms with van der Waals surface area (Å²) in [4.78, 5) is 16.5. The summed E-state index contributed by atoms with van der Waals surface area (Å²) in [5.74, 6) is -0.910. The predicted octanol–water partition coefficient (Wildman–Crippen LogP) is 2.81. The molecule has 30 heavy (non-hydrogen) atoms. The van der Waals surface area contributed by atoms with Crippen molar-refractivity contribution in [3.05, 3.63) is 54.6 Å². The Labute approximate surface area is 175 Å². The van der Waals surface area contributed by atoms with Crippen LogP contribution in [0.5, 0.6) is 0 Å². The Hall–Kier alpha value is -2.36. The Morgan fingerprint density at radius 2 is 2.13 bits per heavy atom. The van der Waals surface area contributed by atoms with Crippen molar-refractivity contribution in [2.45, 2.75) is 42.8 Å². The summed E-state index contributed by atoms with van der Waals surface area (Å²) < 4.78 is 46.9. The Morgan fingerprint density at radius 3 is 2.83 bits per heavy atom. The molecule has 0 radical (unpaired) electrons. The number of piperidine rings is 1. The van der Waals surface area contributed by atoms with E-state index in [1.165, 1.54) is 22.5 Å². The van der Waals surface area contributed by atoms with E-state index in [1.54, 1.807) is 24.5 Å². The van der Waals surface area contributed by atoms with E-state index in [0.29, 0.717) is 24.9 Å². The van der Waals surface area contributed by atoms with Gasteiger partial charge in [0.05, 0.1) is 22.4 Å². The number of amides is 1. The Bertz CT molecular complexity index is 1030. The summed E-state index contributed by atoms with van der Waals surface area (Å²) in [6.45, 7) is 2.46. The average Bonchev–Trinajstić information content (AvgIpc) is 3.16. The standard InChI is InChI=1S/C21H24FN3O4S/c1-15-14-25(30(27,28)18-6-2-4-16(22)12-18)11-9-21(15)8-7-19(29-21)20(26)24-17-5-3-10-23-13-17/h2-6,10,12-13,15,19H,7-9,11,14H2,1H3,(H,24,26)/t15-,19-,21+/m1/s1. The number of anilines is 1. The summed E-state index contributed by atoms with van der Waals surface area (Å²) in [5, 5.41) is 2.81. The maximum atomic E-state index is 13.5. The predicted molar refractivity (Wildman–Crippen MR) is 109 cm³/mol. The molecule has 2 aromatic rings. The van der Waals surface area contributed by atoms with E-state index in [4.69, 9.17) is 4.74 Å². The van der Waals surface area contributed by atoms with Crippen molar-refractivity contribution < 1.29 is 22.3 Å². The monoisotopic (exact) mass is 433 g/mol. The molecule has 1 aromatic carbocycles. The fourth-order valence-electron chi connectivity index (χ4n) is 4.29. The van der Waals surface area contributed by atoms with Crippen LogP contribution < -0.4 is 5.32 Å². The molecule has 3 atom stereocenters. The normalized spacial score (nSPS) is 27.3. The molecule has 0 saturated carbocycles. The smallest absolute Gasteiger partial charge is 0.253 e. The molecule has 160 valence electrons. The van der Waals surface area contributed by atoms with Crippen LogP contribution in [-0.4, -0.2) is 48.4 Å². The molecule has 1 amide bonds. The lowest BCUT2D eigenvalue weighted by Crippen LogP contribution is -2.52. The molecule has 0 aliphatic carbocycles. The van der Waals surface area contributed by atoms with Gasteiger partial charge in [0.25, 0.3) is 5.91 Å². The van der Waals surface area contributed by atoms with Crippen LogP contribution in [0, 0.1) is 11.7 Å². The van der Waals surface area contributed by atoms with Crippen molar-refractivity contribution in [1.82, 2.24) is 9.29 Å². The largest absolute Gasteiger partial charge is 0.362 e. The summed E-state index contributed by atoms with van der Waals surface area (Å²) in [5.41, 5.74) is 0.0707. The summed E-state index contributed by atoms with van der Waals surface area (Å²) in [6, 6.07) is 8.55. The first-order chi connectivity index (χ1) is 14.3. The van der Waals surface area contributed by atoms with E-state index >= 15 is 0 Å². The van der Waals surface area contributed by atoms with Crippen molar-refractivity contribution in [1.29, 1.82) is 0 Å². The van der Waals surface area contributed by atoms with Gasteiger partial charge in [-0.15, -0.1) is 0 Å². The summed E-state index contributed by atoms with van der Waals surface area (Å²) in [7, 11) is -3.78. The molecule has 2 fully saturated rings. The number of halogens is 1. The number of carbonyl (C=O) groups excluding carboxylic acids is 1. The third kappa shape index (κ3) is 3.97. The van der Waals surface area contributed by atoms with E-state index in [9.17, 15) is 17.6 Å². The Balaban J connectivity index is 1.42. The van der Waals surface area contributed by atoms with Crippen molar-refractivity contribution in [3.63, 3.8) is 0 Å². The number of nitrogens with one attached hydrogen (secondary N) is 1. The number of benzene rings is 1. The minimum absolute atomic E-state index is 0.0493. The van der Waals surface area contributed by atoms with E-state index in [2.05, 4.69) is 10.3 Å². The first-order valence-corrected chi connectivity index (χ1v) is 11.4. The summed E-state index contributed by atoms with van der Waals surface area (Å²) in [6.07, 6.45) is 4.36. The fourth-order valence-corrected chi connectivity index (χ4v) is 5.85. The lowest BCUT2D eigenvalue weighted by atomic mass is 9.81. The van der Waals surface area contributed by atoms with Crippen molar-refractivity contribution >= 4 is 21.6 Å². The van der Waals surface area contributed by atoms with Crippen LogP contribution in [0.2, 0.25) is 0 Å². The van der Waals surface area contributed by atoms with Crippen molar-refractivity contribution in [2.24, 2.45) is 5.92 Å². The second-order valence-electron chi connectivity index (χ2n) is 7.91. The molecule has 1 N–H and O–H groups in total. The number of sulfonamides is 1. The molecule has 9 heteroatoms. The molecule has 2 saturated heterocycles. The maximum Gasteiger partial charge on any atom is 0.253 e. The summed E-state index contributed by atoms with van der Waals surface area (Å²) >= 11 is 0. The van der Waals surface area contributed by atoms with E-state index in [-0.39, 0.29) is 29.8 Å². The first kappa shape index (κ1) is 20.9. The topological polar surface area (TPSA) is 88.6 Å². The molecule has 2 aliphatic rings. The van der Waals surface area contributed by atoms with Crippen LogP contribution in [0.3, 0.4) is 0 Å². The lowest BCUT2D eigenvalue weighted by Gasteiger charge is -2.43. The van der Waals surface area contributed by atoms with Crippen LogP contribution >= 0.6 is 0 Å². The number of ether oxygens (including phenoxy) is 1. The number of carbonyl (C=O) groups is 1. The third-order valence-electron chi connectivity index (χ3n) is 6.02. The van der Waals surface area contributed by atoms with E-state index in [1.807, 2.05) is 6.92 Å². The average molecular weight is 434 g/mol. The van der Waals surface area contributed by atoms with Gasteiger partial charge in [-0.3, -0.25) is 9.78 Å². The number of hydrogen-bond donors (Lipinski definition) is 1. The Morgan fingerprint density at radius 1 is 1.30 bits per heavy atom. The second kappa shape index (κ2) is 8.05. The Kier molecular flexibility index (Phi) is 5.61. The first-order valence-electron chi connectivity index (χ1n) is 9.95. The molecular formula is C21H24FN3O4S. The van der Waals surface area contributed by atoms with Gasteiger partial charge in [-0.25, -0.2) is 12.8 Å². The molecule has 4 rings (SSSR count). The number of aromatic nitrogens is 1. The quantitative estimate of drug-likeness (QED) is 0.801. The highest BCUT2D eigenvalue weighted by atomic mass is 32.2. The molecule has 1 spiro atoms. The van der Waals surface area contributed by atoms with Crippen LogP contribution in [-0.2, 0) is 19.6 Å². The zero-order chi connectivity index (χ0) is 21.4. The van der Waals surface area contributed by atoms with Gasteiger partial charge in [0.2, 0.25) is 10.0 Å². The number of nitrogens with zero attached hydrogens (tertiary/aromatic N) is 2. The fraction of sp³-hybridized carbons (Fsp3) is 0.429. The van der Waals surface area contributed by atoms with Gasteiger partial charge in [0, 0.05) is 19.3 Å². The van der Waals surface area contributed by atoms with Crippen molar-refractivity contribution in [2.75, 3.05) is 18.4 Å². The second-order valence-corrected chi connectivity index (χ2v) is 9.85. The lowest BCUT2D eigenvalue weighted by molar-refractivity contribution is -0.140. The zero-order valence-corrected chi connectivity index (χ0v) is 17.4. The highest BCUT2D eigenvalue weighted by molar-refractivity contribution is 7.89. The van der Waals surface area contributed by atoms with Crippen LogP contribution in [0.4, 0.5) is 10.1 Å². The highest BCUT2D eigenvalue weighted by Gasteiger charge is 2.50. The molecule has 2 aliphatic heterocycles. The minimum Gasteiger partial charge on any atom is -0.362 e. The van der Waals surface area contributed by atoms with Gasteiger partial charge in [-0.2, -0.15) is 4.31 Å². The van der Waals surface area contributed by atoms with Gasteiger partial charge >= 0.3 is 0 Å². The maximum absolute atomic E-state index is 13.5. The minimum atomic E-state index is -3.78. The number of pyridine rings is 1. The van der Waals surface area contributed by atoms with E-state index in [0.717, 1.165) is 6.07 Å². The SMILES string of the molecule is C[C@@H]1CN(S(=O)(=O)c2cccc(F)c2)CC[C@@]12CC[C@H](C(=O)Nc1cccnc1)O2. The van der Waals surface area contributed by atoms with E-state index < -0.39 is 27.5 Å². The van der Waals surface area contributed by atoms with Gasteiger partial charge in [0.15, 0.2) is 0 Å². The van der Waals surface area contributed by atoms with Crippen molar-refractivity contribution in [3.8, 4) is 0 Å². The van der Waals surface area contributed by atoms with Crippen LogP contribution in [0.1, 0.15) is 26.2 Å².